The average Bonchev–Trinajstić information content (AvgIpc) is 1.88. The molecule has 0 spiro atoms. The third-order valence-corrected chi connectivity index (χ3v) is 0.786. The van der Waals surface area contributed by atoms with Crippen LogP contribution in [0.25, 0.3) is 0 Å². The van der Waals surface area contributed by atoms with Crippen LogP contribution < -0.4 is 0 Å². The summed E-state index contributed by atoms with van der Waals surface area (Å²) < 4.78 is 35.0. The minimum absolute atomic E-state index is 1.02. The third-order valence-electron chi connectivity index (χ3n) is 0.786. The van der Waals surface area contributed by atoms with Gasteiger partial charge < -0.3 is 0 Å². The summed E-state index contributed by atoms with van der Waals surface area (Å²) in [5, 5.41) is 0. The van der Waals surface area contributed by atoms with Gasteiger partial charge in [-0.25, -0.2) is 0 Å². The van der Waals surface area contributed by atoms with Gasteiger partial charge in [0.25, 0.3) is 0 Å². The molecule has 0 unspecified atom stereocenters. The predicted molar refractivity (Wildman–Crippen MR) is 25.7 cm³/mol. The van der Waals surface area contributed by atoms with Crippen molar-refractivity contribution in [2.45, 2.75) is 6.18 Å². The van der Waals surface area contributed by atoms with Crippen molar-refractivity contribution >= 4 is 0 Å². The van der Waals surface area contributed by atoms with Crippen LogP contribution in [0.15, 0.2) is 6.20 Å². The maximum absolute atomic E-state index is 11.7. The van der Waals surface area contributed by atoms with Crippen LogP contribution in [0.3, 0.4) is 0 Å². The number of hydrogen-bond donors (Lipinski definition) is 0. The molecule has 0 aliphatic heterocycles. The zero-order chi connectivity index (χ0) is 7.61. The van der Waals surface area contributed by atoms with Gasteiger partial charge >= 0.3 is 6.18 Å². The standard InChI is InChI=1S/C6HF3N/c7-6(8,9)5-2-1-3-10-4-5/h3H. The molecule has 1 aromatic rings. The molecule has 0 saturated heterocycles. The summed E-state index contributed by atoms with van der Waals surface area (Å²) in [5.74, 6) is 0. The van der Waals surface area contributed by atoms with Gasteiger partial charge in [0.2, 0.25) is 0 Å². The lowest BCUT2D eigenvalue weighted by Crippen LogP contribution is -2.05. The van der Waals surface area contributed by atoms with E-state index in [1.165, 1.54) is 0 Å². The number of alkyl halides is 3. The Morgan fingerprint density at radius 2 is 2.10 bits per heavy atom. The lowest BCUT2D eigenvalue weighted by Gasteiger charge is -2.01. The summed E-state index contributed by atoms with van der Waals surface area (Å²) in [6, 6.07) is 3.92. The molecule has 0 amide bonds. The second-order valence-corrected chi connectivity index (χ2v) is 1.51. The van der Waals surface area contributed by atoms with Crippen molar-refractivity contribution in [3.8, 4) is 0 Å². The highest BCUT2D eigenvalue weighted by Crippen LogP contribution is 2.26. The SMILES string of the molecule is FC(F)(F)c1[c][c]cn[c]1. The summed E-state index contributed by atoms with van der Waals surface area (Å²) in [6.45, 7) is 0. The molecule has 1 nitrogen and oxygen atoms in total. The van der Waals surface area contributed by atoms with Crippen molar-refractivity contribution in [1.82, 2.24) is 4.98 Å². The van der Waals surface area contributed by atoms with E-state index >= 15 is 0 Å². The minimum atomic E-state index is -4.41. The first-order chi connectivity index (χ1) is 4.61. The van der Waals surface area contributed by atoms with Crippen molar-refractivity contribution < 1.29 is 13.2 Å². The predicted octanol–water partition coefficient (Wildman–Crippen LogP) is 1.50. The fourth-order valence-corrected chi connectivity index (χ4v) is 0.396. The van der Waals surface area contributed by atoms with E-state index in [0.29, 0.717) is 0 Å². The molecule has 0 bridgehead atoms. The molecular formula is C6HF3N. The van der Waals surface area contributed by atoms with Crippen LogP contribution in [0.5, 0.6) is 0 Å². The largest absolute Gasteiger partial charge is 0.419 e. The van der Waals surface area contributed by atoms with Gasteiger partial charge in [-0.3, -0.25) is 4.98 Å². The van der Waals surface area contributed by atoms with Gasteiger partial charge in [0.1, 0.15) is 6.20 Å². The molecule has 4 heteroatoms. The van der Waals surface area contributed by atoms with Crippen LogP contribution in [-0.4, -0.2) is 4.98 Å². The summed E-state index contributed by atoms with van der Waals surface area (Å²) in [7, 11) is 0. The number of rotatable bonds is 0. The van der Waals surface area contributed by atoms with E-state index in [1.54, 1.807) is 6.20 Å². The number of pyridine rings is 1. The molecule has 0 saturated carbocycles. The zero-order valence-electron chi connectivity index (χ0n) is 4.66. The van der Waals surface area contributed by atoms with E-state index in [1.807, 2.05) is 6.07 Å². The number of hydrogen-bond acceptors (Lipinski definition) is 1. The normalized spacial score (nSPS) is 11.5. The maximum atomic E-state index is 11.7. The molecule has 1 heterocycles. The smallest absolute Gasteiger partial charge is 0.253 e. The second-order valence-electron chi connectivity index (χ2n) is 1.51. The highest BCUT2D eigenvalue weighted by Gasteiger charge is 2.30. The van der Waals surface area contributed by atoms with Crippen molar-refractivity contribution in [3.63, 3.8) is 0 Å². The lowest BCUT2D eigenvalue weighted by molar-refractivity contribution is -0.138. The molecule has 51 valence electrons. The van der Waals surface area contributed by atoms with E-state index in [4.69, 9.17) is 0 Å². The maximum Gasteiger partial charge on any atom is 0.419 e. The molecule has 1 aromatic heterocycles. The summed E-state index contributed by atoms with van der Waals surface area (Å²) in [5.41, 5.74) is -1.02. The minimum Gasteiger partial charge on any atom is -0.253 e. The highest BCUT2D eigenvalue weighted by atomic mass is 19.4. The third kappa shape index (κ3) is 1.46. The van der Waals surface area contributed by atoms with Gasteiger partial charge in [-0.15, -0.1) is 0 Å². The van der Waals surface area contributed by atoms with E-state index < -0.39 is 11.7 Å². The van der Waals surface area contributed by atoms with Crippen molar-refractivity contribution in [2.24, 2.45) is 0 Å². The van der Waals surface area contributed by atoms with E-state index in [9.17, 15) is 13.2 Å². The van der Waals surface area contributed by atoms with Gasteiger partial charge in [0, 0.05) is 18.3 Å². The van der Waals surface area contributed by atoms with Gasteiger partial charge in [-0.2, -0.15) is 13.2 Å². The van der Waals surface area contributed by atoms with Gasteiger partial charge in [0.05, 0.1) is 5.56 Å². The Balaban J connectivity index is 2.97. The molecule has 0 fully saturated rings. The van der Waals surface area contributed by atoms with E-state index in [2.05, 4.69) is 11.1 Å². The van der Waals surface area contributed by atoms with Crippen LogP contribution >= 0.6 is 0 Å². The van der Waals surface area contributed by atoms with Crippen molar-refractivity contribution in [3.05, 3.63) is 30.1 Å². The summed E-state index contributed by atoms with van der Waals surface area (Å²) >= 11 is 0. The Morgan fingerprint density at radius 1 is 1.40 bits per heavy atom. The molecular weight excluding hydrogens is 143 g/mol. The molecule has 0 aliphatic carbocycles. The first-order valence-corrected chi connectivity index (χ1v) is 2.34. The number of aromatic nitrogens is 1. The Morgan fingerprint density at radius 3 is 2.40 bits per heavy atom. The molecule has 0 aromatic carbocycles. The number of nitrogens with zero attached hydrogens (tertiary/aromatic N) is 1. The summed E-state index contributed by atoms with van der Waals surface area (Å²) in [4.78, 5) is 3.12. The van der Waals surface area contributed by atoms with Crippen molar-refractivity contribution in [1.29, 1.82) is 0 Å². The zero-order valence-corrected chi connectivity index (χ0v) is 4.66. The molecule has 0 aliphatic rings. The van der Waals surface area contributed by atoms with Crippen LogP contribution in [0, 0.1) is 18.3 Å². The van der Waals surface area contributed by atoms with E-state index in [-0.39, 0.29) is 0 Å². The Kier molecular flexibility index (Phi) is 1.61. The highest BCUT2D eigenvalue weighted by molar-refractivity contribution is 5.07. The second kappa shape index (κ2) is 2.28. The van der Waals surface area contributed by atoms with Gasteiger partial charge in [-0.1, -0.05) is 0 Å². The molecule has 0 atom stereocenters. The van der Waals surface area contributed by atoms with Crippen LogP contribution in [0.1, 0.15) is 5.56 Å². The quantitative estimate of drug-likeness (QED) is 0.537. The van der Waals surface area contributed by atoms with Gasteiger partial charge in [0.15, 0.2) is 0 Å². The first-order valence-electron chi connectivity index (χ1n) is 2.34. The Labute approximate surface area is 55.5 Å². The molecule has 3 radical (unpaired) electrons. The molecule has 0 N–H and O–H groups in total. The molecule has 10 heavy (non-hydrogen) atoms. The fraction of sp³-hybridized carbons (Fsp3) is 0.167. The summed E-state index contributed by atoms with van der Waals surface area (Å²) in [6.07, 6.45) is -1.60. The monoisotopic (exact) mass is 144 g/mol. The molecule has 1 rings (SSSR count). The Bertz CT molecular complexity index is 204. The lowest BCUT2D eigenvalue weighted by atomic mass is 10.3. The fourth-order valence-electron chi connectivity index (χ4n) is 0.396. The first kappa shape index (κ1) is 7.05. The average molecular weight is 144 g/mol. The topological polar surface area (TPSA) is 12.9 Å². The Hall–Kier alpha value is -1.06. The van der Waals surface area contributed by atoms with Crippen LogP contribution in [-0.2, 0) is 6.18 Å². The van der Waals surface area contributed by atoms with Crippen LogP contribution in [0.4, 0.5) is 13.2 Å². The number of halogens is 3. The van der Waals surface area contributed by atoms with Crippen LogP contribution in [0.2, 0.25) is 0 Å². The van der Waals surface area contributed by atoms with Crippen molar-refractivity contribution in [2.75, 3.05) is 0 Å². The van der Waals surface area contributed by atoms with E-state index in [0.717, 1.165) is 6.20 Å². The van der Waals surface area contributed by atoms with Gasteiger partial charge in [-0.05, 0) is 0 Å².